The summed E-state index contributed by atoms with van der Waals surface area (Å²) in [5.41, 5.74) is 2.43. The van der Waals surface area contributed by atoms with Gasteiger partial charge in [0.1, 0.15) is 11.6 Å². The highest BCUT2D eigenvalue weighted by atomic mass is 32.2. The Balaban J connectivity index is 1.56. The van der Waals surface area contributed by atoms with Crippen LogP contribution in [0.15, 0.2) is 69.9 Å². The maximum atomic E-state index is 12.5. The number of methoxy groups -OCH3 is 1. The lowest BCUT2D eigenvalue weighted by Gasteiger charge is -2.13. The lowest BCUT2D eigenvalue weighted by atomic mass is 10.1. The van der Waals surface area contributed by atoms with Gasteiger partial charge in [-0.1, -0.05) is 42.1 Å². The minimum absolute atomic E-state index is 0.233. The standard InChI is InChI=1S/C23H19N5O2S2/c1-14-7-5-8-15-20(14)24-19(25-22(15)29)13-32-23-27-26-21(18-11-6-12-31-18)28(23)16-9-3-4-10-17(16)30-2/h3-12H,13H2,1-2H3,(H,24,25,29). The van der Waals surface area contributed by atoms with Crippen LogP contribution in [-0.4, -0.2) is 31.8 Å². The van der Waals surface area contributed by atoms with Gasteiger partial charge in [-0.05, 0) is 42.1 Å². The lowest BCUT2D eigenvalue weighted by molar-refractivity contribution is 0.412. The third-order valence-electron chi connectivity index (χ3n) is 5.05. The van der Waals surface area contributed by atoms with E-state index in [0.717, 1.165) is 33.2 Å². The first-order valence-corrected chi connectivity index (χ1v) is 11.8. The minimum atomic E-state index is -0.233. The molecule has 0 radical (unpaired) electrons. The number of para-hydroxylation sites is 3. The van der Waals surface area contributed by atoms with Crippen molar-refractivity contribution in [3.05, 3.63) is 81.7 Å². The van der Waals surface area contributed by atoms with Crippen molar-refractivity contribution >= 4 is 34.0 Å². The van der Waals surface area contributed by atoms with E-state index in [-0.39, 0.29) is 5.56 Å². The van der Waals surface area contributed by atoms with Gasteiger partial charge in [-0.2, -0.15) is 4.98 Å². The SMILES string of the molecule is COc1ccccc1-n1c(SCc2nc(=O)c3cccc(C)c3[nH]2)nnc1-c1cccs1. The van der Waals surface area contributed by atoms with Crippen molar-refractivity contribution in [1.29, 1.82) is 0 Å². The summed E-state index contributed by atoms with van der Waals surface area (Å²) in [6, 6.07) is 17.4. The molecule has 1 N–H and O–H groups in total. The zero-order valence-corrected chi connectivity index (χ0v) is 19.0. The Kier molecular flexibility index (Phi) is 5.50. The number of nitrogens with zero attached hydrogens (tertiary/aromatic N) is 4. The van der Waals surface area contributed by atoms with E-state index >= 15 is 0 Å². The van der Waals surface area contributed by atoms with Crippen molar-refractivity contribution in [3.8, 4) is 22.1 Å². The number of H-pyrrole nitrogens is 1. The second-order valence-electron chi connectivity index (χ2n) is 7.07. The van der Waals surface area contributed by atoms with Gasteiger partial charge in [0.15, 0.2) is 11.0 Å². The van der Waals surface area contributed by atoms with Gasteiger partial charge in [0, 0.05) is 0 Å². The summed E-state index contributed by atoms with van der Waals surface area (Å²) in [6.07, 6.45) is 0. The Bertz CT molecular complexity index is 1460. The molecule has 0 spiro atoms. The smallest absolute Gasteiger partial charge is 0.280 e. The molecule has 7 nitrogen and oxygen atoms in total. The first-order valence-electron chi connectivity index (χ1n) is 9.89. The Morgan fingerprint density at radius 2 is 1.97 bits per heavy atom. The molecule has 3 aromatic heterocycles. The Hall–Kier alpha value is -3.43. The third-order valence-corrected chi connectivity index (χ3v) is 6.85. The van der Waals surface area contributed by atoms with Gasteiger partial charge < -0.3 is 9.72 Å². The molecule has 0 fully saturated rings. The van der Waals surface area contributed by atoms with Crippen molar-refractivity contribution in [1.82, 2.24) is 24.7 Å². The molecular formula is C23H19N5O2S2. The molecule has 2 aromatic carbocycles. The number of ether oxygens (including phenoxy) is 1. The number of hydrogen-bond donors (Lipinski definition) is 1. The topological polar surface area (TPSA) is 85.7 Å². The van der Waals surface area contributed by atoms with Gasteiger partial charge in [0.05, 0.1) is 34.3 Å². The van der Waals surface area contributed by atoms with Gasteiger partial charge in [-0.25, -0.2) is 0 Å². The van der Waals surface area contributed by atoms with Crippen molar-refractivity contribution < 1.29 is 4.74 Å². The van der Waals surface area contributed by atoms with E-state index < -0.39 is 0 Å². The van der Waals surface area contributed by atoms with Crippen LogP contribution in [0.25, 0.3) is 27.3 Å². The van der Waals surface area contributed by atoms with Gasteiger partial charge >= 0.3 is 0 Å². The molecule has 0 atom stereocenters. The number of aromatic amines is 1. The van der Waals surface area contributed by atoms with E-state index in [0.29, 0.717) is 22.1 Å². The molecule has 160 valence electrons. The molecule has 9 heteroatoms. The monoisotopic (exact) mass is 461 g/mol. The number of rotatable bonds is 6. The predicted molar refractivity (Wildman–Crippen MR) is 128 cm³/mol. The number of benzene rings is 2. The van der Waals surface area contributed by atoms with E-state index in [1.165, 1.54) is 11.8 Å². The molecule has 0 aliphatic heterocycles. The molecule has 5 rings (SSSR count). The molecule has 0 aliphatic carbocycles. The normalized spacial score (nSPS) is 11.2. The first kappa shape index (κ1) is 20.5. The summed E-state index contributed by atoms with van der Waals surface area (Å²) < 4.78 is 7.58. The second kappa shape index (κ2) is 8.60. The van der Waals surface area contributed by atoms with Crippen molar-refractivity contribution in [3.63, 3.8) is 0 Å². The van der Waals surface area contributed by atoms with E-state index in [9.17, 15) is 4.79 Å². The molecule has 0 bridgehead atoms. The molecule has 0 saturated carbocycles. The zero-order valence-electron chi connectivity index (χ0n) is 17.4. The molecule has 0 saturated heterocycles. The van der Waals surface area contributed by atoms with Crippen LogP contribution in [0.1, 0.15) is 11.4 Å². The highest BCUT2D eigenvalue weighted by Crippen LogP contribution is 2.34. The number of hydrogen-bond acceptors (Lipinski definition) is 7. The number of fused-ring (bicyclic) bond motifs is 1. The average molecular weight is 462 g/mol. The summed E-state index contributed by atoms with van der Waals surface area (Å²) in [6.45, 7) is 1.97. The van der Waals surface area contributed by atoms with Crippen molar-refractivity contribution in [2.24, 2.45) is 0 Å². The molecular weight excluding hydrogens is 442 g/mol. The van der Waals surface area contributed by atoms with E-state index in [4.69, 9.17) is 4.74 Å². The van der Waals surface area contributed by atoms with Crippen molar-refractivity contribution in [2.75, 3.05) is 7.11 Å². The number of thioether (sulfide) groups is 1. The maximum absolute atomic E-state index is 12.5. The molecule has 32 heavy (non-hydrogen) atoms. The van der Waals surface area contributed by atoms with Gasteiger partial charge in [0.25, 0.3) is 5.56 Å². The van der Waals surface area contributed by atoms with E-state index in [2.05, 4.69) is 20.2 Å². The highest BCUT2D eigenvalue weighted by Gasteiger charge is 2.20. The summed E-state index contributed by atoms with van der Waals surface area (Å²) in [4.78, 5) is 21.1. The van der Waals surface area contributed by atoms with Crippen LogP contribution in [0.5, 0.6) is 5.75 Å². The average Bonchev–Trinajstić information content (AvgIpc) is 3.48. The van der Waals surface area contributed by atoms with Gasteiger partial charge in [-0.3, -0.25) is 9.36 Å². The number of aryl methyl sites for hydroxylation is 1. The fraction of sp³-hybridized carbons (Fsp3) is 0.130. The number of nitrogens with one attached hydrogen (secondary N) is 1. The lowest BCUT2D eigenvalue weighted by Crippen LogP contribution is -2.12. The van der Waals surface area contributed by atoms with E-state index in [1.807, 2.05) is 65.4 Å². The minimum Gasteiger partial charge on any atom is -0.495 e. The first-order chi connectivity index (χ1) is 15.7. The molecule has 5 aromatic rings. The zero-order chi connectivity index (χ0) is 22.1. The largest absolute Gasteiger partial charge is 0.495 e. The molecule has 0 amide bonds. The Morgan fingerprint density at radius 3 is 2.78 bits per heavy atom. The quantitative estimate of drug-likeness (QED) is 0.364. The summed E-state index contributed by atoms with van der Waals surface area (Å²) in [7, 11) is 1.65. The highest BCUT2D eigenvalue weighted by molar-refractivity contribution is 7.98. The van der Waals surface area contributed by atoms with Crippen LogP contribution in [0, 0.1) is 6.92 Å². The van der Waals surface area contributed by atoms with Crippen LogP contribution in [0.4, 0.5) is 0 Å². The second-order valence-corrected chi connectivity index (χ2v) is 8.96. The predicted octanol–water partition coefficient (Wildman–Crippen LogP) is 4.84. The van der Waals surface area contributed by atoms with Gasteiger partial charge in [0.2, 0.25) is 0 Å². The van der Waals surface area contributed by atoms with Crippen LogP contribution in [-0.2, 0) is 5.75 Å². The number of aromatic nitrogens is 5. The van der Waals surface area contributed by atoms with Crippen LogP contribution < -0.4 is 10.3 Å². The molecule has 0 aliphatic rings. The van der Waals surface area contributed by atoms with Crippen molar-refractivity contribution in [2.45, 2.75) is 17.8 Å². The summed E-state index contributed by atoms with van der Waals surface area (Å²) in [5, 5.41) is 12.2. The third kappa shape index (κ3) is 3.69. The maximum Gasteiger partial charge on any atom is 0.280 e. The summed E-state index contributed by atoms with van der Waals surface area (Å²) in [5.74, 6) is 2.49. The molecule has 0 unspecified atom stereocenters. The molecule has 3 heterocycles. The Labute approximate surface area is 192 Å². The number of thiophene rings is 1. The summed E-state index contributed by atoms with van der Waals surface area (Å²) >= 11 is 3.06. The van der Waals surface area contributed by atoms with Crippen LogP contribution in [0.3, 0.4) is 0 Å². The van der Waals surface area contributed by atoms with Crippen LogP contribution in [0.2, 0.25) is 0 Å². The fourth-order valence-electron chi connectivity index (χ4n) is 3.53. The van der Waals surface area contributed by atoms with E-state index in [1.54, 1.807) is 24.5 Å². The van der Waals surface area contributed by atoms with Crippen LogP contribution >= 0.6 is 23.1 Å². The van der Waals surface area contributed by atoms with Gasteiger partial charge in [-0.15, -0.1) is 21.5 Å². The Morgan fingerprint density at radius 1 is 1.09 bits per heavy atom. The fourth-order valence-corrected chi connectivity index (χ4v) is 5.04.